The number of benzene rings is 1. The molecule has 90 valence electrons. The van der Waals surface area contributed by atoms with Crippen LogP contribution in [0.5, 0.6) is 0 Å². The third kappa shape index (κ3) is 3.56. The van der Waals surface area contributed by atoms with Crippen molar-refractivity contribution in [2.75, 3.05) is 0 Å². The average Bonchev–Trinajstić information content (AvgIpc) is 2.82. The number of halogens is 1. The van der Waals surface area contributed by atoms with Gasteiger partial charge in [-0.2, -0.15) is 0 Å². The third-order valence-electron chi connectivity index (χ3n) is 2.82. The minimum atomic E-state index is 0.0451. The maximum atomic E-state index is 6.15. The Bertz CT molecular complexity index is 453. The van der Waals surface area contributed by atoms with Gasteiger partial charge in [0.05, 0.1) is 0 Å². The normalized spacial score (nSPS) is 12.6. The smallest absolute Gasteiger partial charge is 0.0453 e. The first-order valence-electron chi connectivity index (χ1n) is 5.80. The number of hydrogen-bond acceptors (Lipinski definition) is 2. The molecule has 1 aromatic carbocycles. The molecule has 1 unspecified atom stereocenters. The molecule has 1 nitrogen and oxygen atoms in total. The van der Waals surface area contributed by atoms with Crippen LogP contribution in [0, 0.1) is 0 Å². The Balaban J connectivity index is 1.85. The van der Waals surface area contributed by atoms with Gasteiger partial charge in [0.2, 0.25) is 0 Å². The Morgan fingerprint density at radius 3 is 2.71 bits per heavy atom. The van der Waals surface area contributed by atoms with Gasteiger partial charge < -0.3 is 5.73 Å². The standard InChI is InChI=1S/C14H16ClNS/c15-13-8-2-1-7-12(13)14(16)9-3-5-11-6-4-10-17-11/h1-2,4,6-8,10,14H,3,5,9,16H2. The predicted molar refractivity (Wildman–Crippen MR) is 75.6 cm³/mol. The Hall–Kier alpha value is -0.830. The van der Waals surface area contributed by atoms with Crippen molar-refractivity contribution < 1.29 is 0 Å². The third-order valence-corrected chi connectivity index (χ3v) is 4.10. The van der Waals surface area contributed by atoms with Crippen molar-refractivity contribution in [2.45, 2.75) is 25.3 Å². The first-order valence-corrected chi connectivity index (χ1v) is 7.05. The number of nitrogens with two attached hydrogens (primary N) is 1. The Labute approximate surface area is 111 Å². The zero-order valence-corrected chi connectivity index (χ0v) is 11.2. The predicted octanol–water partition coefficient (Wildman–Crippen LogP) is 4.42. The molecule has 0 aliphatic carbocycles. The molecule has 1 atom stereocenters. The van der Waals surface area contributed by atoms with Crippen molar-refractivity contribution in [3.8, 4) is 0 Å². The van der Waals surface area contributed by atoms with E-state index in [1.54, 1.807) is 11.3 Å². The lowest BCUT2D eigenvalue weighted by molar-refractivity contribution is 0.614. The largest absolute Gasteiger partial charge is 0.324 e. The molecule has 0 bridgehead atoms. The van der Waals surface area contributed by atoms with Gasteiger partial charge in [-0.1, -0.05) is 35.9 Å². The Kier molecular flexibility index (Phi) is 4.60. The topological polar surface area (TPSA) is 26.0 Å². The van der Waals surface area contributed by atoms with Crippen LogP contribution in [0.4, 0.5) is 0 Å². The second kappa shape index (κ2) is 6.20. The monoisotopic (exact) mass is 265 g/mol. The highest BCUT2D eigenvalue weighted by Crippen LogP contribution is 2.24. The van der Waals surface area contributed by atoms with E-state index < -0.39 is 0 Å². The zero-order chi connectivity index (χ0) is 12.1. The number of aryl methyl sites for hydroxylation is 1. The summed E-state index contributed by atoms with van der Waals surface area (Å²) in [5, 5.41) is 2.89. The molecule has 0 aliphatic heterocycles. The van der Waals surface area contributed by atoms with Gasteiger partial charge >= 0.3 is 0 Å². The van der Waals surface area contributed by atoms with Crippen LogP contribution >= 0.6 is 22.9 Å². The average molecular weight is 266 g/mol. The fourth-order valence-corrected chi connectivity index (χ4v) is 2.91. The highest BCUT2D eigenvalue weighted by atomic mass is 35.5. The van der Waals surface area contributed by atoms with Crippen LogP contribution in [0.25, 0.3) is 0 Å². The van der Waals surface area contributed by atoms with Crippen LogP contribution in [0.2, 0.25) is 5.02 Å². The van der Waals surface area contributed by atoms with Gasteiger partial charge in [-0.25, -0.2) is 0 Å². The van der Waals surface area contributed by atoms with Gasteiger partial charge in [-0.15, -0.1) is 11.3 Å². The van der Waals surface area contributed by atoms with Crippen molar-refractivity contribution in [3.63, 3.8) is 0 Å². The van der Waals surface area contributed by atoms with E-state index in [1.165, 1.54) is 4.88 Å². The Morgan fingerprint density at radius 1 is 1.18 bits per heavy atom. The molecular formula is C14H16ClNS. The summed E-state index contributed by atoms with van der Waals surface area (Å²) in [6, 6.07) is 12.1. The van der Waals surface area contributed by atoms with E-state index in [0.717, 1.165) is 29.8 Å². The fraction of sp³-hybridized carbons (Fsp3) is 0.286. The summed E-state index contributed by atoms with van der Waals surface area (Å²) >= 11 is 7.93. The van der Waals surface area contributed by atoms with Gasteiger partial charge in [0, 0.05) is 15.9 Å². The summed E-state index contributed by atoms with van der Waals surface area (Å²) in [6.45, 7) is 0. The molecule has 2 N–H and O–H groups in total. The van der Waals surface area contributed by atoms with E-state index in [1.807, 2.05) is 24.3 Å². The molecule has 0 radical (unpaired) electrons. The van der Waals surface area contributed by atoms with Gasteiger partial charge in [0.15, 0.2) is 0 Å². The van der Waals surface area contributed by atoms with E-state index in [2.05, 4.69) is 17.5 Å². The summed E-state index contributed by atoms with van der Waals surface area (Å²) in [4.78, 5) is 1.43. The lowest BCUT2D eigenvalue weighted by Crippen LogP contribution is -2.10. The maximum absolute atomic E-state index is 6.15. The van der Waals surface area contributed by atoms with Gasteiger partial charge in [0.1, 0.15) is 0 Å². The van der Waals surface area contributed by atoms with Crippen molar-refractivity contribution in [1.29, 1.82) is 0 Å². The van der Waals surface area contributed by atoms with E-state index in [0.29, 0.717) is 0 Å². The molecule has 0 fully saturated rings. The number of thiophene rings is 1. The second-order valence-electron chi connectivity index (χ2n) is 4.10. The van der Waals surface area contributed by atoms with Crippen molar-refractivity contribution in [1.82, 2.24) is 0 Å². The van der Waals surface area contributed by atoms with Gasteiger partial charge in [-0.05, 0) is 42.3 Å². The molecule has 0 spiro atoms. The highest BCUT2D eigenvalue weighted by molar-refractivity contribution is 7.09. The van der Waals surface area contributed by atoms with Gasteiger partial charge in [0.25, 0.3) is 0 Å². The Morgan fingerprint density at radius 2 is 2.00 bits per heavy atom. The molecule has 17 heavy (non-hydrogen) atoms. The minimum absolute atomic E-state index is 0.0451. The van der Waals surface area contributed by atoms with E-state index in [-0.39, 0.29) is 6.04 Å². The van der Waals surface area contributed by atoms with E-state index in [4.69, 9.17) is 17.3 Å². The molecule has 2 rings (SSSR count). The van der Waals surface area contributed by atoms with Crippen LogP contribution in [0.3, 0.4) is 0 Å². The summed E-state index contributed by atoms with van der Waals surface area (Å²) in [6.07, 6.45) is 3.18. The summed E-state index contributed by atoms with van der Waals surface area (Å²) < 4.78 is 0. The van der Waals surface area contributed by atoms with Crippen LogP contribution in [0.15, 0.2) is 41.8 Å². The molecule has 0 saturated carbocycles. The zero-order valence-electron chi connectivity index (χ0n) is 9.60. The SMILES string of the molecule is NC(CCCc1cccs1)c1ccccc1Cl. The van der Waals surface area contributed by atoms with E-state index >= 15 is 0 Å². The minimum Gasteiger partial charge on any atom is -0.324 e. The lowest BCUT2D eigenvalue weighted by atomic mass is 10.0. The highest BCUT2D eigenvalue weighted by Gasteiger charge is 2.09. The van der Waals surface area contributed by atoms with Crippen LogP contribution in [-0.4, -0.2) is 0 Å². The summed E-state index contributed by atoms with van der Waals surface area (Å²) in [5.41, 5.74) is 7.21. The fourth-order valence-electron chi connectivity index (χ4n) is 1.88. The lowest BCUT2D eigenvalue weighted by Gasteiger charge is -2.13. The van der Waals surface area contributed by atoms with Crippen LogP contribution in [-0.2, 0) is 6.42 Å². The van der Waals surface area contributed by atoms with Crippen LogP contribution in [0.1, 0.15) is 29.3 Å². The molecule has 1 aromatic heterocycles. The first-order chi connectivity index (χ1) is 8.27. The molecule has 3 heteroatoms. The maximum Gasteiger partial charge on any atom is 0.0453 e. The van der Waals surface area contributed by atoms with Gasteiger partial charge in [-0.3, -0.25) is 0 Å². The van der Waals surface area contributed by atoms with Crippen molar-refractivity contribution >= 4 is 22.9 Å². The van der Waals surface area contributed by atoms with Crippen LogP contribution < -0.4 is 5.73 Å². The molecular weight excluding hydrogens is 250 g/mol. The second-order valence-corrected chi connectivity index (χ2v) is 5.54. The van der Waals surface area contributed by atoms with Crippen molar-refractivity contribution in [3.05, 3.63) is 57.2 Å². The quantitative estimate of drug-likeness (QED) is 0.851. The molecule has 2 aromatic rings. The molecule has 0 aliphatic rings. The number of rotatable bonds is 5. The molecule has 1 heterocycles. The van der Waals surface area contributed by atoms with Crippen molar-refractivity contribution in [2.24, 2.45) is 5.73 Å². The summed E-state index contributed by atoms with van der Waals surface area (Å²) in [5.74, 6) is 0. The molecule has 0 amide bonds. The summed E-state index contributed by atoms with van der Waals surface area (Å²) in [7, 11) is 0. The number of hydrogen-bond donors (Lipinski definition) is 1. The first kappa shape index (κ1) is 12.6. The van der Waals surface area contributed by atoms with E-state index in [9.17, 15) is 0 Å². The molecule has 0 saturated heterocycles.